The van der Waals surface area contributed by atoms with Crippen LogP contribution in [0.4, 0.5) is 0 Å². The summed E-state index contributed by atoms with van der Waals surface area (Å²) in [5.74, 6) is 1.68. The number of hydrogen-bond donors (Lipinski definition) is 2. The van der Waals surface area contributed by atoms with E-state index >= 15 is 0 Å². The average molecular weight is 425 g/mol. The Bertz CT molecular complexity index is 1350. The van der Waals surface area contributed by atoms with E-state index in [-0.39, 0.29) is 5.91 Å². The van der Waals surface area contributed by atoms with Gasteiger partial charge in [-0.2, -0.15) is 0 Å². The van der Waals surface area contributed by atoms with E-state index < -0.39 is 0 Å². The lowest BCUT2D eigenvalue weighted by Gasteiger charge is -2.05. The van der Waals surface area contributed by atoms with Gasteiger partial charge in [-0.05, 0) is 36.2 Å². The molecule has 0 radical (unpaired) electrons. The Morgan fingerprint density at radius 3 is 2.69 bits per heavy atom. The highest BCUT2D eigenvalue weighted by molar-refractivity contribution is 6.08. The standard InChI is InChI=1S/C26H23N3O3/c1-31-18-13-14-19-22(16-18)32-25(24(19)17-8-3-2-4-9-17)26(30)27-15-7-12-23-28-20-10-5-6-11-21(20)29-23/h2-6,8-11,13-14,16H,7,12,15H2,1H3,(H,27,30)(H,28,29). The van der Waals surface area contributed by atoms with E-state index in [1.54, 1.807) is 13.2 Å². The fraction of sp³-hybridized carbons (Fsp3) is 0.154. The van der Waals surface area contributed by atoms with Crippen molar-refractivity contribution in [2.75, 3.05) is 13.7 Å². The minimum atomic E-state index is -0.233. The topological polar surface area (TPSA) is 80.1 Å². The second-order valence-corrected chi connectivity index (χ2v) is 7.59. The van der Waals surface area contributed by atoms with E-state index in [9.17, 15) is 4.79 Å². The van der Waals surface area contributed by atoms with Gasteiger partial charge in [-0.15, -0.1) is 0 Å². The predicted molar refractivity (Wildman–Crippen MR) is 125 cm³/mol. The zero-order valence-electron chi connectivity index (χ0n) is 17.7. The molecule has 0 aliphatic heterocycles. The van der Waals surface area contributed by atoms with Crippen LogP contribution >= 0.6 is 0 Å². The molecule has 5 rings (SSSR count). The van der Waals surface area contributed by atoms with Crippen LogP contribution < -0.4 is 10.1 Å². The number of amides is 1. The molecule has 3 aromatic carbocycles. The summed E-state index contributed by atoms with van der Waals surface area (Å²) in [5, 5.41) is 3.88. The molecule has 1 amide bonds. The zero-order valence-corrected chi connectivity index (χ0v) is 17.7. The molecule has 160 valence electrons. The molecule has 0 aliphatic rings. The van der Waals surface area contributed by atoms with E-state index in [4.69, 9.17) is 9.15 Å². The van der Waals surface area contributed by atoms with Crippen molar-refractivity contribution < 1.29 is 13.9 Å². The molecule has 5 aromatic rings. The highest BCUT2D eigenvalue weighted by atomic mass is 16.5. The lowest BCUT2D eigenvalue weighted by molar-refractivity contribution is 0.0928. The molecule has 32 heavy (non-hydrogen) atoms. The molecule has 0 bridgehead atoms. The second kappa shape index (κ2) is 8.59. The third-order valence-corrected chi connectivity index (χ3v) is 5.48. The van der Waals surface area contributed by atoms with Gasteiger partial charge in [-0.25, -0.2) is 4.98 Å². The van der Waals surface area contributed by atoms with Gasteiger partial charge in [0.1, 0.15) is 17.2 Å². The summed E-state index contributed by atoms with van der Waals surface area (Å²) in [7, 11) is 1.61. The predicted octanol–water partition coefficient (Wildman–Crippen LogP) is 5.35. The number of hydrogen-bond acceptors (Lipinski definition) is 4. The molecule has 0 spiro atoms. The number of fused-ring (bicyclic) bond motifs is 2. The number of nitrogens with zero attached hydrogens (tertiary/aromatic N) is 1. The van der Waals surface area contributed by atoms with Gasteiger partial charge in [-0.1, -0.05) is 42.5 Å². The van der Waals surface area contributed by atoms with Crippen LogP contribution in [0.2, 0.25) is 0 Å². The van der Waals surface area contributed by atoms with Crippen molar-refractivity contribution in [3.05, 3.63) is 84.4 Å². The van der Waals surface area contributed by atoms with E-state index in [0.717, 1.165) is 46.2 Å². The van der Waals surface area contributed by atoms with Crippen molar-refractivity contribution in [1.82, 2.24) is 15.3 Å². The number of aromatic amines is 1. The maximum Gasteiger partial charge on any atom is 0.287 e. The summed E-state index contributed by atoms with van der Waals surface area (Å²) in [6, 6.07) is 23.4. The zero-order chi connectivity index (χ0) is 21.9. The van der Waals surface area contributed by atoms with Crippen molar-refractivity contribution in [1.29, 1.82) is 0 Å². The van der Waals surface area contributed by atoms with Crippen molar-refractivity contribution in [3.63, 3.8) is 0 Å². The summed E-state index contributed by atoms with van der Waals surface area (Å²) in [4.78, 5) is 21.0. The monoisotopic (exact) mass is 425 g/mol. The number of para-hydroxylation sites is 2. The fourth-order valence-corrected chi connectivity index (χ4v) is 3.92. The molecule has 0 unspecified atom stereocenters. The molecular weight excluding hydrogens is 402 g/mol. The number of aromatic nitrogens is 2. The number of carbonyl (C=O) groups is 1. The van der Waals surface area contributed by atoms with Gasteiger partial charge in [0.05, 0.1) is 18.1 Å². The Hall–Kier alpha value is -4.06. The molecule has 0 saturated heterocycles. The number of H-pyrrole nitrogens is 1. The molecule has 0 saturated carbocycles. The first-order valence-corrected chi connectivity index (χ1v) is 10.6. The molecular formula is C26H23N3O3. The van der Waals surface area contributed by atoms with Crippen molar-refractivity contribution in [3.8, 4) is 16.9 Å². The van der Waals surface area contributed by atoms with E-state index in [2.05, 4.69) is 15.3 Å². The largest absolute Gasteiger partial charge is 0.497 e. The van der Waals surface area contributed by atoms with Crippen LogP contribution in [0.5, 0.6) is 5.75 Å². The first-order valence-electron chi connectivity index (χ1n) is 10.6. The highest BCUT2D eigenvalue weighted by Crippen LogP contribution is 2.36. The number of ether oxygens (including phenoxy) is 1. The number of nitrogens with one attached hydrogen (secondary N) is 2. The summed E-state index contributed by atoms with van der Waals surface area (Å²) in [6.45, 7) is 0.518. The lowest BCUT2D eigenvalue weighted by Crippen LogP contribution is -2.25. The van der Waals surface area contributed by atoms with Gasteiger partial charge in [0.15, 0.2) is 0 Å². The van der Waals surface area contributed by atoms with Gasteiger partial charge in [0, 0.05) is 30.0 Å². The fourth-order valence-electron chi connectivity index (χ4n) is 3.92. The van der Waals surface area contributed by atoms with Crippen molar-refractivity contribution in [2.45, 2.75) is 12.8 Å². The molecule has 0 fully saturated rings. The molecule has 0 atom stereocenters. The third-order valence-electron chi connectivity index (χ3n) is 5.48. The Balaban J connectivity index is 1.34. The minimum Gasteiger partial charge on any atom is -0.497 e. The number of furan rings is 1. The Kier molecular flexibility index (Phi) is 5.34. The molecule has 2 N–H and O–H groups in total. The van der Waals surface area contributed by atoms with E-state index in [0.29, 0.717) is 23.6 Å². The van der Waals surface area contributed by atoms with Crippen LogP contribution in [-0.2, 0) is 6.42 Å². The lowest BCUT2D eigenvalue weighted by atomic mass is 10.0. The number of aryl methyl sites for hydroxylation is 1. The van der Waals surface area contributed by atoms with Crippen LogP contribution in [0.15, 0.2) is 77.2 Å². The second-order valence-electron chi connectivity index (χ2n) is 7.59. The minimum absolute atomic E-state index is 0.233. The van der Waals surface area contributed by atoms with Crippen molar-refractivity contribution in [2.24, 2.45) is 0 Å². The Labute approximate surface area is 185 Å². The average Bonchev–Trinajstić information content (AvgIpc) is 3.42. The quantitative estimate of drug-likeness (QED) is 0.345. The van der Waals surface area contributed by atoms with Crippen molar-refractivity contribution >= 4 is 27.9 Å². The molecule has 0 aliphatic carbocycles. The first kappa shape index (κ1) is 19.9. The maximum atomic E-state index is 13.1. The Morgan fingerprint density at radius 1 is 1.06 bits per heavy atom. The van der Waals surface area contributed by atoms with Crippen LogP contribution in [0.1, 0.15) is 22.8 Å². The number of carbonyl (C=O) groups excluding carboxylic acids is 1. The molecule has 6 nitrogen and oxygen atoms in total. The molecule has 6 heteroatoms. The SMILES string of the molecule is COc1ccc2c(-c3ccccc3)c(C(=O)NCCCc3nc4ccccc4[nH]3)oc2c1. The number of benzene rings is 3. The summed E-state index contributed by atoms with van der Waals surface area (Å²) < 4.78 is 11.3. The van der Waals surface area contributed by atoms with Gasteiger partial charge < -0.3 is 19.5 Å². The smallest absolute Gasteiger partial charge is 0.287 e. The molecule has 2 heterocycles. The van der Waals surface area contributed by atoms with Gasteiger partial charge in [-0.3, -0.25) is 4.79 Å². The first-order chi connectivity index (χ1) is 15.7. The third kappa shape index (κ3) is 3.83. The highest BCUT2D eigenvalue weighted by Gasteiger charge is 2.22. The van der Waals surface area contributed by atoms with E-state index in [1.165, 1.54) is 0 Å². The molecule has 2 aromatic heterocycles. The van der Waals surface area contributed by atoms with Crippen LogP contribution in [0.25, 0.3) is 33.1 Å². The summed E-state index contributed by atoms with van der Waals surface area (Å²) in [5.41, 5.74) is 4.32. The summed E-state index contributed by atoms with van der Waals surface area (Å²) >= 11 is 0. The summed E-state index contributed by atoms with van der Waals surface area (Å²) in [6.07, 6.45) is 1.51. The maximum absolute atomic E-state index is 13.1. The normalized spacial score (nSPS) is 11.2. The van der Waals surface area contributed by atoms with Gasteiger partial charge in [0.25, 0.3) is 5.91 Å². The van der Waals surface area contributed by atoms with Crippen LogP contribution in [0.3, 0.4) is 0 Å². The van der Waals surface area contributed by atoms with Gasteiger partial charge in [0.2, 0.25) is 5.76 Å². The van der Waals surface area contributed by atoms with Crippen LogP contribution in [-0.4, -0.2) is 29.5 Å². The Morgan fingerprint density at radius 2 is 1.88 bits per heavy atom. The van der Waals surface area contributed by atoms with Gasteiger partial charge >= 0.3 is 0 Å². The number of rotatable bonds is 7. The van der Waals surface area contributed by atoms with Crippen LogP contribution in [0, 0.1) is 0 Å². The number of imidazole rings is 1. The number of methoxy groups -OCH3 is 1. The van der Waals surface area contributed by atoms with E-state index in [1.807, 2.05) is 66.7 Å².